The largest absolute Gasteiger partial charge is 0.469 e. The van der Waals surface area contributed by atoms with E-state index in [1.807, 2.05) is 67.6 Å². The maximum Gasteiger partial charge on any atom is 0.366 e. The zero-order valence-corrected chi connectivity index (χ0v) is 15.1. The van der Waals surface area contributed by atoms with Gasteiger partial charge in [0.2, 0.25) is 6.10 Å². The second-order valence-electron chi connectivity index (χ2n) is 6.45. The first-order chi connectivity index (χ1) is 13.6. The van der Waals surface area contributed by atoms with Crippen molar-refractivity contribution in [2.75, 3.05) is 4.90 Å². The van der Waals surface area contributed by atoms with E-state index in [0.717, 1.165) is 5.56 Å². The molecule has 2 aromatic carbocycles. The number of hydrogen-bond donors (Lipinski definition) is 0. The van der Waals surface area contributed by atoms with Gasteiger partial charge in [0.05, 0.1) is 6.04 Å². The molecule has 1 amide bonds. The molecule has 28 heavy (non-hydrogen) atoms. The Kier molecular flexibility index (Phi) is 4.49. The van der Waals surface area contributed by atoms with Crippen LogP contribution < -0.4 is 9.64 Å². The van der Waals surface area contributed by atoms with Gasteiger partial charge in [-0.2, -0.15) is 0 Å². The van der Waals surface area contributed by atoms with Crippen molar-refractivity contribution in [1.82, 2.24) is 4.98 Å². The van der Waals surface area contributed by atoms with Gasteiger partial charge in [-0.05, 0) is 28.5 Å². The molecular weight excluding hydrogens is 358 g/mol. The van der Waals surface area contributed by atoms with Crippen LogP contribution in [0.4, 0.5) is 11.6 Å². The highest BCUT2D eigenvalue weighted by atomic mass is 16.6. The molecule has 0 saturated carbocycles. The SMILES string of the molecule is CC(c1ccccc1)N1C(=O)C(c2ccccc2)Oc2ccc([N+](=O)[O-])nc21. The Morgan fingerprint density at radius 2 is 1.68 bits per heavy atom. The van der Waals surface area contributed by atoms with Crippen LogP contribution in [0.3, 0.4) is 0 Å². The number of carbonyl (C=O) groups excluding carboxylic acids is 1. The van der Waals surface area contributed by atoms with E-state index in [1.165, 1.54) is 17.0 Å². The Morgan fingerprint density at radius 3 is 2.32 bits per heavy atom. The molecule has 0 aliphatic carbocycles. The lowest BCUT2D eigenvalue weighted by molar-refractivity contribution is -0.389. The molecule has 1 aliphatic rings. The summed E-state index contributed by atoms with van der Waals surface area (Å²) < 4.78 is 5.90. The summed E-state index contributed by atoms with van der Waals surface area (Å²) in [6.45, 7) is 1.87. The number of aromatic nitrogens is 1. The van der Waals surface area contributed by atoms with Crippen LogP contribution in [0, 0.1) is 10.1 Å². The average molecular weight is 375 g/mol. The van der Waals surface area contributed by atoms with Gasteiger partial charge in [-0.3, -0.25) is 9.69 Å². The molecule has 2 heterocycles. The van der Waals surface area contributed by atoms with Crippen molar-refractivity contribution >= 4 is 17.5 Å². The smallest absolute Gasteiger partial charge is 0.366 e. The molecule has 7 nitrogen and oxygen atoms in total. The molecule has 2 unspecified atom stereocenters. The first kappa shape index (κ1) is 17.7. The van der Waals surface area contributed by atoms with Gasteiger partial charge in [-0.15, -0.1) is 0 Å². The van der Waals surface area contributed by atoms with Crippen molar-refractivity contribution < 1.29 is 14.5 Å². The van der Waals surface area contributed by atoms with E-state index < -0.39 is 11.0 Å². The monoisotopic (exact) mass is 375 g/mol. The second-order valence-corrected chi connectivity index (χ2v) is 6.45. The Bertz CT molecular complexity index is 1020. The van der Waals surface area contributed by atoms with Crippen LogP contribution in [0.15, 0.2) is 72.8 Å². The third-order valence-corrected chi connectivity index (χ3v) is 4.72. The van der Waals surface area contributed by atoms with E-state index in [9.17, 15) is 14.9 Å². The summed E-state index contributed by atoms with van der Waals surface area (Å²) in [7, 11) is 0. The van der Waals surface area contributed by atoms with E-state index in [0.29, 0.717) is 11.3 Å². The van der Waals surface area contributed by atoms with Crippen molar-refractivity contribution in [2.45, 2.75) is 19.1 Å². The van der Waals surface area contributed by atoms with Gasteiger partial charge in [0.1, 0.15) is 0 Å². The second kappa shape index (κ2) is 7.11. The summed E-state index contributed by atoms with van der Waals surface area (Å²) in [4.78, 5) is 29.6. The van der Waals surface area contributed by atoms with Crippen molar-refractivity contribution in [3.8, 4) is 5.75 Å². The quantitative estimate of drug-likeness (QED) is 0.503. The van der Waals surface area contributed by atoms with Gasteiger partial charge < -0.3 is 14.9 Å². The highest BCUT2D eigenvalue weighted by Crippen LogP contribution is 2.42. The standard InChI is InChI=1S/C21H17N3O4/c1-14(15-8-4-2-5-9-15)23-20-17(12-13-18(22-20)24(26)27)28-19(21(23)25)16-10-6-3-7-11-16/h2-14,19H,1H3. The Balaban J connectivity index is 1.84. The third-order valence-electron chi connectivity index (χ3n) is 4.72. The molecule has 0 radical (unpaired) electrons. The molecule has 0 N–H and O–H groups in total. The van der Waals surface area contributed by atoms with Crippen molar-refractivity contribution in [2.24, 2.45) is 0 Å². The lowest BCUT2D eigenvalue weighted by atomic mass is 10.0. The number of pyridine rings is 1. The van der Waals surface area contributed by atoms with Gasteiger partial charge in [0.15, 0.2) is 5.75 Å². The Morgan fingerprint density at radius 1 is 1.04 bits per heavy atom. The van der Waals surface area contributed by atoms with Gasteiger partial charge >= 0.3 is 5.82 Å². The van der Waals surface area contributed by atoms with Crippen molar-refractivity contribution in [3.05, 3.63) is 94.0 Å². The number of hydrogen-bond acceptors (Lipinski definition) is 5. The van der Waals surface area contributed by atoms with Crippen LogP contribution >= 0.6 is 0 Å². The fraction of sp³-hybridized carbons (Fsp3) is 0.143. The van der Waals surface area contributed by atoms with E-state index in [4.69, 9.17) is 4.74 Å². The van der Waals surface area contributed by atoms with E-state index in [2.05, 4.69) is 4.98 Å². The van der Waals surface area contributed by atoms with Gasteiger partial charge in [-0.1, -0.05) is 60.7 Å². The molecular formula is C21H17N3O4. The van der Waals surface area contributed by atoms with Gasteiger partial charge in [-0.25, -0.2) is 0 Å². The van der Waals surface area contributed by atoms with E-state index in [-0.39, 0.29) is 23.6 Å². The van der Waals surface area contributed by atoms with Gasteiger partial charge in [0, 0.05) is 11.6 Å². The van der Waals surface area contributed by atoms with Crippen LogP contribution in [0.1, 0.15) is 30.2 Å². The molecule has 4 rings (SSSR count). The number of amides is 1. The average Bonchev–Trinajstić information content (AvgIpc) is 2.73. The zero-order valence-electron chi connectivity index (χ0n) is 15.1. The molecule has 0 spiro atoms. The van der Waals surface area contributed by atoms with Crippen LogP contribution in [-0.4, -0.2) is 15.8 Å². The molecule has 2 atom stereocenters. The summed E-state index contributed by atoms with van der Waals surface area (Å²) in [6.07, 6.45) is -0.844. The van der Waals surface area contributed by atoms with Crippen molar-refractivity contribution in [1.29, 1.82) is 0 Å². The van der Waals surface area contributed by atoms with Gasteiger partial charge in [0.25, 0.3) is 11.7 Å². The summed E-state index contributed by atoms with van der Waals surface area (Å²) in [5.41, 5.74) is 1.60. The minimum Gasteiger partial charge on any atom is -0.469 e. The highest BCUT2D eigenvalue weighted by Gasteiger charge is 2.42. The predicted octanol–water partition coefficient (Wildman–Crippen LogP) is 4.22. The normalized spacial score (nSPS) is 16.8. The van der Waals surface area contributed by atoms with E-state index >= 15 is 0 Å². The Labute approximate surface area is 161 Å². The Hall–Kier alpha value is -3.74. The molecule has 3 aromatic rings. The maximum absolute atomic E-state index is 13.4. The van der Waals surface area contributed by atoms with Crippen LogP contribution in [0.25, 0.3) is 0 Å². The number of benzene rings is 2. The molecule has 1 aliphatic heterocycles. The first-order valence-corrected chi connectivity index (χ1v) is 8.81. The molecule has 140 valence electrons. The fourth-order valence-corrected chi connectivity index (χ4v) is 3.29. The number of nitrogens with zero attached hydrogens (tertiary/aromatic N) is 3. The summed E-state index contributed by atoms with van der Waals surface area (Å²) in [5, 5.41) is 11.2. The molecule has 0 saturated heterocycles. The number of anilines is 1. The fourth-order valence-electron chi connectivity index (χ4n) is 3.29. The molecule has 7 heteroatoms. The van der Waals surface area contributed by atoms with Crippen LogP contribution in [0.2, 0.25) is 0 Å². The highest BCUT2D eigenvalue weighted by molar-refractivity contribution is 6.00. The number of fused-ring (bicyclic) bond motifs is 1. The van der Waals surface area contributed by atoms with Crippen LogP contribution in [-0.2, 0) is 4.79 Å². The molecule has 0 bridgehead atoms. The molecule has 1 aromatic heterocycles. The van der Waals surface area contributed by atoms with E-state index in [1.54, 1.807) is 0 Å². The predicted molar refractivity (Wildman–Crippen MR) is 103 cm³/mol. The van der Waals surface area contributed by atoms with Crippen LogP contribution in [0.5, 0.6) is 5.75 Å². The summed E-state index contributed by atoms with van der Waals surface area (Å²) >= 11 is 0. The third kappa shape index (κ3) is 3.07. The summed E-state index contributed by atoms with van der Waals surface area (Å²) in [6, 6.07) is 21.0. The number of carbonyl (C=O) groups is 1. The first-order valence-electron chi connectivity index (χ1n) is 8.81. The number of ether oxygens (including phenoxy) is 1. The van der Waals surface area contributed by atoms with Crippen molar-refractivity contribution in [3.63, 3.8) is 0 Å². The topological polar surface area (TPSA) is 85.6 Å². The number of rotatable bonds is 4. The lowest BCUT2D eigenvalue weighted by Crippen LogP contribution is -2.43. The maximum atomic E-state index is 13.4. The number of nitro groups is 1. The molecule has 0 fully saturated rings. The lowest BCUT2D eigenvalue weighted by Gasteiger charge is -2.35. The zero-order chi connectivity index (χ0) is 19.7. The minimum atomic E-state index is -0.844. The summed E-state index contributed by atoms with van der Waals surface area (Å²) in [5.74, 6) is -0.161. The minimum absolute atomic E-state index is 0.155.